The minimum absolute atomic E-state index is 0.613. The van der Waals surface area contributed by atoms with E-state index < -0.39 is 0 Å². The third kappa shape index (κ3) is 3.35. The van der Waals surface area contributed by atoms with Crippen LogP contribution in [0.25, 0.3) is 6.08 Å². The zero-order valence-corrected chi connectivity index (χ0v) is 12.5. The third-order valence-corrected chi connectivity index (χ3v) is 3.24. The molecule has 0 radical (unpaired) electrons. The second kappa shape index (κ2) is 6.51. The zero-order valence-electron chi connectivity index (χ0n) is 12.5. The summed E-state index contributed by atoms with van der Waals surface area (Å²) in [5.41, 5.74) is 3.53. The van der Waals surface area contributed by atoms with Crippen molar-refractivity contribution in [1.82, 2.24) is 0 Å². The van der Waals surface area contributed by atoms with Gasteiger partial charge in [0.25, 0.3) is 0 Å². The number of rotatable bonds is 6. The van der Waals surface area contributed by atoms with Crippen molar-refractivity contribution in [3.63, 3.8) is 0 Å². The predicted molar refractivity (Wildman–Crippen MR) is 81.7 cm³/mol. The summed E-state index contributed by atoms with van der Waals surface area (Å²) in [7, 11) is 1.64. The molecule has 0 bridgehead atoms. The quantitative estimate of drug-likeness (QED) is 0.727. The highest BCUT2D eigenvalue weighted by atomic mass is 16.5. The lowest BCUT2D eigenvalue weighted by atomic mass is 10.0. The maximum Gasteiger partial charge on any atom is 0.164 e. The van der Waals surface area contributed by atoms with Crippen molar-refractivity contribution >= 4 is 6.08 Å². The van der Waals surface area contributed by atoms with Crippen molar-refractivity contribution < 1.29 is 14.2 Å². The Morgan fingerprint density at radius 2 is 2.15 bits per heavy atom. The number of ether oxygens (including phenoxy) is 3. The van der Waals surface area contributed by atoms with Gasteiger partial charge in [-0.15, -0.1) is 6.58 Å². The molecule has 0 amide bonds. The Bertz CT molecular complexity index is 529. The van der Waals surface area contributed by atoms with Crippen LogP contribution in [-0.4, -0.2) is 20.3 Å². The van der Waals surface area contributed by atoms with Crippen molar-refractivity contribution in [1.29, 1.82) is 0 Å². The van der Waals surface area contributed by atoms with Gasteiger partial charge in [0.05, 0.1) is 13.7 Å². The fourth-order valence-corrected chi connectivity index (χ4v) is 2.17. The fraction of sp³-hybridized carbons (Fsp3) is 0.412. The highest BCUT2D eigenvalue weighted by Gasteiger charge is 2.16. The molecule has 1 aromatic carbocycles. The second-order valence-electron chi connectivity index (χ2n) is 5.02. The number of methoxy groups -OCH3 is 1. The summed E-state index contributed by atoms with van der Waals surface area (Å²) >= 11 is 0. The molecule has 0 aliphatic carbocycles. The van der Waals surface area contributed by atoms with Gasteiger partial charge in [0.1, 0.15) is 12.4 Å². The molecule has 0 atom stereocenters. The van der Waals surface area contributed by atoms with Crippen LogP contribution in [0.4, 0.5) is 0 Å². The first-order valence-corrected chi connectivity index (χ1v) is 6.95. The summed E-state index contributed by atoms with van der Waals surface area (Å²) in [6.07, 6.45) is 4.17. The normalized spacial score (nSPS) is 13.1. The Morgan fingerprint density at radius 3 is 2.80 bits per heavy atom. The number of hydrogen-bond donors (Lipinski definition) is 0. The van der Waals surface area contributed by atoms with Crippen LogP contribution < -0.4 is 14.2 Å². The summed E-state index contributed by atoms with van der Waals surface area (Å²) < 4.78 is 16.7. The largest absolute Gasteiger partial charge is 0.493 e. The highest BCUT2D eigenvalue weighted by molar-refractivity contribution is 5.67. The Balaban J connectivity index is 2.26. The first kappa shape index (κ1) is 14.5. The number of benzene rings is 1. The van der Waals surface area contributed by atoms with E-state index in [0.717, 1.165) is 29.9 Å². The van der Waals surface area contributed by atoms with Crippen molar-refractivity contribution in [3.8, 4) is 17.2 Å². The van der Waals surface area contributed by atoms with E-state index in [1.165, 1.54) is 11.1 Å². The van der Waals surface area contributed by atoms with Crippen molar-refractivity contribution in [2.24, 2.45) is 0 Å². The molecule has 1 aliphatic heterocycles. The minimum atomic E-state index is 0.613. The smallest absolute Gasteiger partial charge is 0.164 e. The molecule has 3 nitrogen and oxygen atoms in total. The highest BCUT2D eigenvalue weighted by Crippen LogP contribution is 2.38. The van der Waals surface area contributed by atoms with Gasteiger partial charge in [0, 0.05) is 11.6 Å². The van der Waals surface area contributed by atoms with Crippen LogP contribution >= 0.6 is 0 Å². The van der Waals surface area contributed by atoms with Crippen LogP contribution in [-0.2, 0) is 0 Å². The molecule has 0 saturated carbocycles. The monoisotopic (exact) mass is 274 g/mol. The van der Waals surface area contributed by atoms with E-state index in [1.807, 2.05) is 19.1 Å². The van der Waals surface area contributed by atoms with E-state index in [4.69, 9.17) is 14.2 Å². The molecule has 1 aliphatic rings. The van der Waals surface area contributed by atoms with Crippen LogP contribution in [0.5, 0.6) is 17.2 Å². The van der Waals surface area contributed by atoms with Gasteiger partial charge in [-0.05, 0) is 44.4 Å². The summed E-state index contributed by atoms with van der Waals surface area (Å²) in [5.74, 6) is 2.32. The maximum absolute atomic E-state index is 5.81. The van der Waals surface area contributed by atoms with Gasteiger partial charge in [-0.3, -0.25) is 0 Å². The minimum Gasteiger partial charge on any atom is -0.493 e. The zero-order chi connectivity index (χ0) is 14.5. The molecular formula is C17H22O3. The second-order valence-corrected chi connectivity index (χ2v) is 5.02. The Hall–Kier alpha value is -1.90. The van der Waals surface area contributed by atoms with Crippen LogP contribution in [0.2, 0.25) is 0 Å². The molecule has 0 spiro atoms. The first-order valence-electron chi connectivity index (χ1n) is 6.95. The first-order chi connectivity index (χ1) is 9.63. The molecule has 3 heteroatoms. The lowest BCUT2D eigenvalue weighted by Crippen LogP contribution is -2.08. The maximum atomic E-state index is 5.81. The molecular weight excluding hydrogens is 252 g/mol. The fourth-order valence-electron chi connectivity index (χ4n) is 2.17. The van der Waals surface area contributed by atoms with E-state index in [0.29, 0.717) is 19.0 Å². The summed E-state index contributed by atoms with van der Waals surface area (Å²) in [6.45, 7) is 9.20. The van der Waals surface area contributed by atoms with Crippen LogP contribution in [0, 0.1) is 0 Å². The summed E-state index contributed by atoms with van der Waals surface area (Å²) in [5, 5.41) is 0. The average molecular weight is 274 g/mol. The standard InChI is InChI=1S/C17H22O3/c1-5-19-17-9-14-8-13(7-6-12(2)3)11-20-15(14)10-16(17)18-4/h8-10H,2,5-7,11H2,1,3-4H3. The Morgan fingerprint density at radius 1 is 1.35 bits per heavy atom. The SMILES string of the molecule is C=C(C)CCC1=Cc2cc(OCC)c(OC)cc2OC1. The van der Waals surface area contributed by atoms with Crippen LogP contribution in [0.1, 0.15) is 32.3 Å². The lowest BCUT2D eigenvalue weighted by Gasteiger charge is -2.20. The molecule has 2 rings (SSSR count). The van der Waals surface area contributed by atoms with Gasteiger partial charge < -0.3 is 14.2 Å². The molecule has 0 N–H and O–H groups in total. The molecule has 0 fully saturated rings. The summed E-state index contributed by atoms with van der Waals surface area (Å²) in [4.78, 5) is 0. The van der Waals surface area contributed by atoms with Gasteiger partial charge in [0.15, 0.2) is 11.5 Å². The topological polar surface area (TPSA) is 27.7 Å². The van der Waals surface area contributed by atoms with E-state index >= 15 is 0 Å². The van der Waals surface area contributed by atoms with Crippen LogP contribution in [0.3, 0.4) is 0 Å². The van der Waals surface area contributed by atoms with Crippen LogP contribution in [0.15, 0.2) is 29.9 Å². The summed E-state index contributed by atoms with van der Waals surface area (Å²) in [6, 6.07) is 3.88. The average Bonchev–Trinajstić information content (AvgIpc) is 2.44. The molecule has 1 heterocycles. The molecule has 0 aromatic heterocycles. The molecule has 20 heavy (non-hydrogen) atoms. The number of allylic oxidation sites excluding steroid dienone is 1. The van der Waals surface area contributed by atoms with E-state index in [1.54, 1.807) is 7.11 Å². The van der Waals surface area contributed by atoms with E-state index in [2.05, 4.69) is 19.6 Å². The Kier molecular flexibility index (Phi) is 4.72. The van der Waals surface area contributed by atoms with Crippen molar-refractivity contribution in [3.05, 3.63) is 35.4 Å². The van der Waals surface area contributed by atoms with Gasteiger partial charge in [-0.2, -0.15) is 0 Å². The lowest BCUT2D eigenvalue weighted by molar-refractivity contribution is 0.304. The van der Waals surface area contributed by atoms with Crippen molar-refractivity contribution in [2.45, 2.75) is 26.7 Å². The molecule has 0 saturated heterocycles. The Labute approximate surface area is 120 Å². The number of hydrogen-bond acceptors (Lipinski definition) is 3. The van der Waals surface area contributed by atoms with E-state index in [9.17, 15) is 0 Å². The van der Waals surface area contributed by atoms with E-state index in [-0.39, 0.29) is 0 Å². The molecule has 1 aromatic rings. The number of fused-ring (bicyclic) bond motifs is 1. The third-order valence-electron chi connectivity index (χ3n) is 3.24. The van der Waals surface area contributed by atoms with Gasteiger partial charge in [-0.25, -0.2) is 0 Å². The van der Waals surface area contributed by atoms with Gasteiger partial charge >= 0.3 is 0 Å². The molecule has 108 valence electrons. The predicted octanol–water partition coefficient (Wildman–Crippen LogP) is 4.23. The van der Waals surface area contributed by atoms with Gasteiger partial charge in [-0.1, -0.05) is 5.57 Å². The van der Waals surface area contributed by atoms with Gasteiger partial charge in [0.2, 0.25) is 0 Å². The van der Waals surface area contributed by atoms with Crippen molar-refractivity contribution in [2.75, 3.05) is 20.3 Å². The molecule has 0 unspecified atom stereocenters.